The molecule has 0 saturated carbocycles. The van der Waals surface area contributed by atoms with Gasteiger partial charge in [0.2, 0.25) is 0 Å². The normalized spacial score (nSPS) is 11.5. The summed E-state index contributed by atoms with van der Waals surface area (Å²) in [4.78, 5) is 4.60. The van der Waals surface area contributed by atoms with Crippen molar-refractivity contribution in [3.8, 4) is 11.5 Å². The van der Waals surface area contributed by atoms with Crippen LogP contribution in [0.1, 0.15) is 33.3 Å². The molecule has 0 amide bonds. The molecule has 1 aromatic rings. The van der Waals surface area contributed by atoms with Crippen LogP contribution >= 0.6 is 24.0 Å². The molecule has 0 aliphatic rings. The van der Waals surface area contributed by atoms with Gasteiger partial charge in [0.15, 0.2) is 17.5 Å². The van der Waals surface area contributed by atoms with Crippen molar-refractivity contribution in [3.05, 3.63) is 23.8 Å². The van der Waals surface area contributed by atoms with E-state index >= 15 is 0 Å². The quantitative estimate of drug-likeness (QED) is 0.221. The highest BCUT2D eigenvalue weighted by atomic mass is 127. The predicted octanol–water partition coefficient (Wildman–Crippen LogP) is 2.81. The second kappa shape index (κ2) is 13.0. The molecule has 150 valence electrons. The minimum atomic E-state index is 0. The van der Waals surface area contributed by atoms with Gasteiger partial charge < -0.3 is 25.4 Å². The molecule has 0 bridgehead atoms. The summed E-state index contributed by atoms with van der Waals surface area (Å²) in [6.07, 6.45) is 0.880. The zero-order chi connectivity index (χ0) is 18.7. The molecule has 0 unspecified atom stereocenters. The van der Waals surface area contributed by atoms with Gasteiger partial charge in [-0.05, 0) is 51.8 Å². The van der Waals surface area contributed by atoms with Crippen LogP contribution in [0.25, 0.3) is 0 Å². The second-order valence-corrected chi connectivity index (χ2v) is 6.80. The van der Waals surface area contributed by atoms with E-state index in [9.17, 15) is 0 Å². The van der Waals surface area contributed by atoms with Crippen LogP contribution in [0.2, 0.25) is 0 Å². The Morgan fingerprint density at radius 1 is 1.04 bits per heavy atom. The molecule has 0 radical (unpaired) electrons. The van der Waals surface area contributed by atoms with Gasteiger partial charge in [0, 0.05) is 25.2 Å². The van der Waals surface area contributed by atoms with Crippen LogP contribution in [0.4, 0.5) is 0 Å². The highest BCUT2D eigenvalue weighted by molar-refractivity contribution is 14.0. The first-order chi connectivity index (χ1) is 11.9. The Bertz CT molecular complexity index is 545. The van der Waals surface area contributed by atoms with Gasteiger partial charge in [0.1, 0.15) is 0 Å². The number of nitrogens with zero attached hydrogens (tertiary/aromatic N) is 1. The van der Waals surface area contributed by atoms with E-state index in [-0.39, 0.29) is 29.5 Å². The molecule has 0 atom stereocenters. The van der Waals surface area contributed by atoms with Gasteiger partial charge >= 0.3 is 0 Å². The summed E-state index contributed by atoms with van der Waals surface area (Å²) in [7, 11) is 3.30. The molecule has 6 nitrogen and oxygen atoms in total. The minimum Gasteiger partial charge on any atom is -0.493 e. The summed E-state index contributed by atoms with van der Waals surface area (Å²) in [6, 6.07) is 6.00. The van der Waals surface area contributed by atoms with Crippen LogP contribution < -0.4 is 25.4 Å². The summed E-state index contributed by atoms with van der Waals surface area (Å²) in [5, 5.41) is 10.1. The largest absolute Gasteiger partial charge is 0.493 e. The van der Waals surface area contributed by atoms with Crippen LogP contribution in [0.3, 0.4) is 0 Å². The second-order valence-electron chi connectivity index (χ2n) is 6.80. The van der Waals surface area contributed by atoms with Crippen LogP contribution in [-0.2, 0) is 6.42 Å². The van der Waals surface area contributed by atoms with Crippen molar-refractivity contribution in [3.63, 3.8) is 0 Å². The van der Waals surface area contributed by atoms with Crippen LogP contribution in [0.5, 0.6) is 11.5 Å². The van der Waals surface area contributed by atoms with E-state index < -0.39 is 0 Å². The van der Waals surface area contributed by atoms with Gasteiger partial charge in [-0.2, -0.15) is 0 Å². The Kier molecular flexibility index (Phi) is 12.4. The first-order valence-corrected chi connectivity index (χ1v) is 8.87. The number of benzene rings is 1. The average Bonchev–Trinajstić information content (AvgIpc) is 2.57. The molecule has 0 aromatic heterocycles. The van der Waals surface area contributed by atoms with Crippen LogP contribution in [0.15, 0.2) is 23.2 Å². The highest BCUT2D eigenvalue weighted by Crippen LogP contribution is 2.27. The van der Waals surface area contributed by atoms with E-state index in [2.05, 4.69) is 54.7 Å². The molecular formula is C19H35IN4O2. The van der Waals surface area contributed by atoms with E-state index in [0.717, 1.165) is 50.1 Å². The van der Waals surface area contributed by atoms with Crippen molar-refractivity contribution in [2.45, 2.75) is 39.7 Å². The fourth-order valence-electron chi connectivity index (χ4n) is 2.30. The molecule has 0 heterocycles. The lowest BCUT2D eigenvalue weighted by molar-refractivity contribution is 0.354. The number of hydrogen-bond acceptors (Lipinski definition) is 4. The first kappa shape index (κ1) is 24.8. The minimum absolute atomic E-state index is 0. The molecule has 3 N–H and O–H groups in total. The number of rotatable bonds is 9. The zero-order valence-corrected chi connectivity index (χ0v) is 19.3. The van der Waals surface area contributed by atoms with E-state index in [4.69, 9.17) is 9.47 Å². The van der Waals surface area contributed by atoms with Crippen molar-refractivity contribution >= 4 is 29.9 Å². The zero-order valence-electron chi connectivity index (χ0n) is 16.9. The molecular weight excluding hydrogens is 443 g/mol. The third-order valence-corrected chi connectivity index (χ3v) is 3.54. The molecule has 0 saturated heterocycles. The maximum atomic E-state index is 5.35. The number of halogens is 1. The fourth-order valence-corrected chi connectivity index (χ4v) is 2.30. The van der Waals surface area contributed by atoms with Gasteiger partial charge in [0.05, 0.1) is 20.8 Å². The molecule has 1 aromatic carbocycles. The van der Waals surface area contributed by atoms with E-state index in [1.165, 1.54) is 5.56 Å². The third kappa shape index (κ3) is 10.1. The molecule has 0 fully saturated rings. The summed E-state index contributed by atoms with van der Waals surface area (Å²) in [6.45, 7) is 11.8. The first-order valence-electron chi connectivity index (χ1n) is 8.87. The number of nitrogens with one attached hydrogen (secondary N) is 3. The standard InChI is InChI=1S/C19H34N4O2.HI/c1-7-20-18(22-12-13-23-19(2,3)4)21-11-10-15-8-9-16(24-5)17(14-15)25-6;/h8-9,14,23H,7,10-13H2,1-6H3,(H2,20,21,22);1H. The monoisotopic (exact) mass is 478 g/mol. The Morgan fingerprint density at radius 2 is 1.73 bits per heavy atom. The molecule has 26 heavy (non-hydrogen) atoms. The Morgan fingerprint density at radius 3 is 2.31 bits per heavy atom. The number of hydrogen-bond donors (Lipinski definition) is 3. The molecule has 0 aliphatic carbocycles. The fraction of sp³-hybridized carbons (Fsp3) is 0.632. The van der Waals surface area contributed by atoms with Gasteiger partial charge in [-0.3, -0.25) is 4.99 Å². The van der Waals surface area contributed by atoms with Crippen molar-refractivity contribution < 1.29 is 9.47 Å². The van der Waals surface area contributed by atoms with Gasteiger partial charge in [0.25, 0.3) is 0 Å². The van der Waals surface area contributed by atoms with E-state index in [1.54, 1.807) is 14.2 Å². The maximum absolute atomic E-state index is 5.35. The lowest BCUT2D eigenvalue weighted by atomic mass is 10.1. The van der Waals surface area contributed by atoms with E-state index in [0.29, 0.717) is 0 Å². The topological polar surface area (TPSA) is 66.9 Å². The lowest BCUT2D eigenvalue weighted by Crippen LogP contribution is -2.40. The van der Waals surface area contributed by atoms with Crippen molar-refractivity contribution in [1.29, 1.82) is 0 Å². The highest BCUT2D eigenvalue weighted by Gasteiger charge is 2.07. The third-order valence-electron chi connectivity index (χ3n) is 3.54. The number of aliphatic imine (C=N–C) groups is 1. The van der Waals surface area contributed by atoms with Gasteiger partial charge in [-0.25, -0.2) is 0 Å². The summed E-state index contributed by atoms with van der Waals surface area (Å²) >= 11 is 0. The SMILES string of the molecule is CCNC(=NCCNC(C)(C)C)NCCc1ccc(OC)c(OC)c1.I. The lowest BCUT2D eigenvalue weighted by Gasteiger charge is -2.20. The van der Waals surface area contributed by atoms with Crippen molar-refractivity contribution in [2.75, 3.05) is 40.4 Å². The molecule has 7 heteroatoms. The number of methoxy groups -OCH3 is 2. The number of guanidine groups is 1. The smallest absolute Gasteiger partial charge is 0.191 e. The van der Waals surface area contributed by atoms with Gasteiger partial charge in [-0.1, -0.05) is 6.07 Å². The molecule has 1 rings (SSSR count). The molecule has 0 spiro atoms. The van der Waals surface area contributed by atoms with Gasteiger partial charge in [-0.15, -0.1) is 24.0 Å². The summed E-state index contributed by atoms with van der Waals surface area (Å²) in [5.74, 6) is 2.35. The summed E-state index contributed by atoms with van der Waals surface area (Å²) in [5.41, 5.74) is 1.31. The van der Waals surface area contributed by atoms with Crippen molar-refractivity contribution in [2.24, 2.45) is 4.99 Å². The van der Waals surface area contributed by atoms with E-state index in [1.807, 2.05) is 12.1 Å². The maximum Gasteiger partial charge on any atom is 0.191 e. The Balaban J connectivity index is 0.00000625. The Labute approximate surface area is 175 Å². The predicted molar refractivity (Wildman–Crippen MR) is 120 cm³/mol. The van der Waals surface area contributed by atoms with Crippen LogP contribution in [-0.4, -0.2) is 51.9 Å². The number of ether oxygens (including phenoxy) is 2. The van der Waals surface area contributed by atoms with Crippen LogP contribution in [0, 0.1) is 0 Å². The van der Waals surface area contributed by atoms with Crippen molar-refractivity contribution in [1.82, 2.24) is 16.0 Å². The molecule has 0 aliphatic heterocycles. The Hall–Kier alpha value is -1.22. The average molecular weight is 478 g/mol. The summed E-state index contributed by atoms with van der Waals surface area (Å²) < 4.78 is 10.6.